The molecule has 0 aromatic carbocycles. The largest absolute Gasteiger partial charge is 0.364 e. The SMILES string of the molecule is NC(=O)c1nc(C(=O)NC2CCCCC2)cs1. The molecule has 0 spiro atoms. The van der Waals surface area contributed by atoms with Gasteiger partial charge in [0.1, 0.15) is 5.69 Å². The van der Waals surface area contributed by atoms with E-state index in [1.54, 1.807) is 5.38 Å². The van der Waals surface area contributed by atoms with Crippen LogP contribution in [-0.4, -0.2) is 22.8 Å². The fourth-order valence-corrected chi connectivity index (χ4v) is 2.65. The molecule has 1 aromatic heterocycles. The normalized spacial score (nSPS) is 16.7. The molecule has 5 nitrogen and oxygen atoms in total. The predicted octanol–water partition coefficient (Wildman–Crippen LogP) is 1.30. The third-order valence-electron chi connectivity index (χ3n) is 2.89. The molecular formula is C11H15N3O2S. The standard InChI is InChI=1S/C11H15N3O2S/c12-9(15)11-14-8(6-17-11)10(16)13-7-4-2-1-3-5-7/h6-7H,1-5H2,(H2,12,15)(H,13,16). The van der Waals surface area contributed by atoms with Crippen LogP contribution in [0.2, 0.25) is 0 Å². The summed E-state index contributed by atoms with van der Waals surface area (Å²) in [5.74, 6) is -0.799. The van der Waals surface area contributed by atoms with E-state index in [4.69, 9.17) is 5.73 Å². The second kappa shape index (κ2) is 5.27. The van der Waals surface area contributed by atoms with Crippen LogP contribution in [0.25, 0.3) is 0 Å². The van der Waals surface area contributed by atoms with E-state index < -0.39 is 5.91 Å². The van der Waals surface area contributed by atoms with Crippen LogP contribution in [-0.2, 0) is 0 Å². The maximum absolute atomic E-state index is 11.8. The fourth-order valence-electron chi connectivity index (χ4n) is 2.00. The molecule has 92 valence electrons. The second-order valence-electron chi connectivity index (χ2n) is 4.21. The predicted molar refractivity (Wildman–Crippen MR) is 65.0 cm³/mol. The molecule has 0 saturated heterocycles. The zero-order chi connectivity index (χ0) is 12.3. The highest BCUT2D eigenvalue weighted by Crippen LogP contribution is 2.18. The van der Waals surface area contributed by atoms with Crippen LogP contribution in [0.3, 0.4) is 0 Å². The summed E-state index contributed by atoms with van der Waals surface area (Å²) in [6.07, 6.45) is 5.62. The number of thiazole rings is 1. The Morgan fingerprint density at radius 1 is 1.35 bits per heavy atom. The summed E-state index contributed by atoms with van der Waals surface area (Å²) in [6, 6.07) is 0.245. The van der Waals surface area contributed by atoms with E-state index in [0.717, 1.165) is 37.0 Å². The number of nitrogens with zero attached hydrogens (tertiary/aromatic N) is 1. The number of carbonyl (C=O) groups is 2. The Bertz CT molecular complexity index is 424. The molecule has 1 aliphatic rings. The van der Waals surface area contributed by atoms with Gasteiger partial charge in [-0.05, 0) is 12.8 Å². The number of hydrogen-bond donors (Lipinski definition) is 2. The molecule has 0 radical (unpaired) electrons. The highest BCUT2D eigenvalue weighted by molar-refractivity contribution is 7.11. The lowest BCUT2D eigenvalue weighted by Crippen LogP contribution is -2.36. The van der Waals surface area contributed by atoms with Gasteiger partial charge in [-0.1, -0.05) is 19.3 Å². The average Bonchev–Trinajstić information content (AvgIpc) is 2.79. The van der Waals surface area contributed by atoms with E-state index in [1.165, 1.54) is 6.42 Å². The smallest absolute Gasteiger partial charge is 0.277 e. The van der Waals surface area contributed by atoms with Crippen molar-refractivity contribution in [2.24, 2.45) is 5.73 Å². The molecule has 1 heterocycles. The summed E-state index contributed by atoms with van der Waals surface area (Å²) in [5, 5.41) is 4.69. The number of rotatable bonds is 3. The molecule has 6 heteroatoms. The number of amides is 2. The van der Waals surface area contributed by atoms with Crippen molar-refractivity contribution in [1.82, 2.24) is 10.3 Å². The number of primary amides is 1. The molecule has 0 unspecified atom stereocenters. The number of nitrogens with one attached hydrogen (secondary N) is 1. The highest BCUT2D eigenvalue weighted by Gasteiger charge is 2.19. The molecule has 2 rings (SSSR count). The van der Waals surface area contributed by atoms with Crippen LogP contribution in [0, 0.1) is 0 Å². The number of aromatic nitrogens is 1. The summed E-state index contributed by atoms with van der Waals surface area (Å²) in [6.45, 7) is 0. The van der Waals surface area contributed by atoms with Crippen LogP contribution in [0.5, 0.6) is 0 Å². The summed E-state index contributed by atoms with van der Waals surface area (Å²) in [7, 11) is 0. The molecule has 0 atom stereocenters. The third-order valence-corrected chi connectivity index (χ3v) is 3.74. The Morgan fingerprint density at radius 3 is 2.65 bits per heavy atom. The summed E-state index contributed by atoms with van der Waals surface area (Å²) in [5.41, 5.74) is 5.38. The minimum Gasteiger partial charge on any atom is -0.364 e. The van der Waals surface area contributed by atoms with Gasteiger partial charge in [-0.2, -0.15) is 0 Å². The van der Waals surface area contributed by atoms with Gasteiger partial charge in [0, 0.05) is 11.4 Å². The fraction of sp³-hybridized carbons (Fsp3) is 0.545. The van der Waals surface area contributed by atoms with Gasteiger partial charge >= 0.3 is 0 Å². The van der Waals surface area contributed by atoms with Gasteiger partial charge in [0.2, 0.25) is 0 Å². The first-order valence-electron chi connectivity index (χ1n) is 5.73. The first-order valence-corrected chi connectivity index (χ1v) is 6.61. The molecule has 1 fully saturated rings. The molecule has 17 heavy (non-hydrogen) atoms. The van der Waals surface area contributed by atoms with E-state index >= 15 is 0 Å². The van der Waals surface area contributed by atoms with Gasteiger partial charge in [-0.25, -0.2) is 4.98 Å². The van der Waals surface area contributed by atoms with Crippen molar-refractivity contribution in [1.29, 1.82) is 0 Å². The van der Waals surface area contributed by atoms with Crippen LogP contribution in [0.1, 0.15) is 52.4 Å². The summed E-state index contributed by atoms with van der Waals surface area (Å²) < 4.78 is 0. The van der Waals surface area contributed by atoms with E-state index in [-0.39, 0.29) is 22.7 Å². The zero-order valence-electron chi connectivity index (χ0n) is 9.44. The Labute approximate surface area is 103 Å². The van der Waals surface area contributed by atoms with Crippen molar-refractivity contribution in [2.75, 3.05) is 0 Å². The highest BCUT2D eigenvalue weighted by atomic mass is 32.1. The molecule has 1 aliphatic carbocycles. The van der Waals surface area contributed by atoms with Crippen molar-refractivity contribution in [3.8, 4) is 0 Å². The van der Waals surface area contributed by atoms with E-state index in [9.17, 15) is 9.59 Å². The Hall–Kier alpha value is -1.43. The zero-order valence-corrected chi connectivity index (χ0v) is 10.3. The van der Waals surface area contributed by atoms with Gasteiger partial charge in [0.05, 0.1) is 0 Å². The lowest BCUT2D eigenvalue weighted by molar-refractivity contribution is 0.0923. The molecule has 0 aliphatic heterocycles. The second-order valence-corrected chi connectivity index (χ2v) is 5.07. The summed E-state index contributed by atoms with van der Waals surface area (Å²) in [4.78, 5) is 26.6. The minimum atomic E-state index is -0.591. The Balaban J connectivity index is 1.96. The maximum atomic E-state index is 11.8. The van der Waals surface area contributed by atoms with E-state index in [0.29, 0.717) is 0 Å². The lowest BCUT2D eigenvalue weighted by atomic mass is 9.95. The molecule has 2 amide bonds. The molecule has 0 bridgehead atoms. The molecule has 1 aromatic rings. The number of nitrogens with two attached hydrogens (primary N) is 1. The Kier molecular flexibility index (Phi) is 3.73. The average molecular weight is 253 g/mol. The van der Waals surface area contributed by atoms with Crippen LogP contribution in [0.15, 0.2) is 5.38 Å². The molecule has 1 saturated carbocycles. The van der Waals surface area contributed by atoms with Crippen molar-refractivity contribution in [3.05, 3.63) is 16.1 Å². The topological polar surface area (TPSA) is 85.1 Å². The van der Waals surface area contributed by atoms with Crippen molar-refractivity contribution < 1.29 is 9.59 Å². The number of hydrogen-bond acceptors (Lipinski definition) is 4. The van der Waals surface area contributed by atoms with Gasteiger partial charge in [-0.3, -0.25) is 9.59 Å². The van der Waals surface area contributed by atoms with Crippen LogP contribution >= 0.6 is 11.3 Å². The third kappa shape index (κ3) is 3.03. The van der Waals surface area contributed by atoms with E-state index in [1.807, 2.05) is 0 Å². The Morgan fingerprint density at radius 2 is 2.06 bits per heavy atom. The van der Waals surface area contributed by atoms with Crippen molar-refractivity contribution >= 4 is 23.2 Å². The van der Waals surface area contributed by atoms with Crippen LogP contribution < -0.4 is 11.1 Å². The van der Waals surface area contributed by atoms with Gasteiger partial charge in [0.25, 0.3) is 11.8 Å². The van der Waals surface area contributed by atoms with Gasteiger partial charge in [-0.15, -0.1) is 11.3 Å². The molecule has 3 N–H and O–H groups in total. The molecular weight excluding hydrogens is 238 g/mol. The van der Waals surface area contributed by atoms with Crippen LogP contribution in [0.4, 0.5) is 0 Å². The number of carbonyl (C=O) groups excluding carboxylic acids is 2. The minimum absolute atomic E-state index is 0.179. The monoisotopic (exact) mass is 253 g/mol. The first kappa shape index (κ1) is 12.0. The quantitative estimate of drug-likeness (QED) is 0.851. The lowest BCUT2D eigenvalue weighted by Gasteiger charge is -2.22. The first-order chi connectivity index (χ1) is 8.16. The van der Waals surface area contributed by atoms with Gasteiger partial charge < -0.3 is 11.1 Å². The maximum Gasteiger partial charge on any atom is 0.277 e. The van der Waals surface area contributed by atoms with E-state index in [2.05, 4.69) is 10.3 Å². The summed E-state index contributed by atoms with van der Waals surface area (Å²) >= 11 is 1.10. The van der Waals surface area contributed by atoms with Crippen molar-refractivity contribution in [2.45, 2.75) is 38.1 Å². The van der Waals surface area contributed by atoms with Crippen molar-refractivity contribution in [3.63, 3.8) is 0 Å². The van der Waals surface area contributed by atoms with Gasteiger partial charge in [0.15, 0.2) is 5.01 Å².